The molecule has 1 aliphatic carbocycles. The zero-order valence-electron chi connectivity index (χ0n) is 28.7. The summed E-state index contributed by atoms with van der Waals surface area (Å²) in [5.74, 6) is -0.954. The number of pyridine rings is 2. The lowest BCUT2D eigenvalue weighted by molar-refractivity contribution is -0.148. The molecule has 1 N–H and O–H groups in total. The van der Waals surface area contributed by atoms with Crippen LogP contribution in [0.3, 0.4) is 0 Å². The first-order valence-corrected chi connectivity index (χ1v) is 17.6. The summed E-state index contributed by atoms with van der Waals surface area (Å²) in [6.45, 7) is 5.77. The van der Waals surface area contributed by atoms with Gasteiger partial charge in [-0.15, -0.1) is 10.2 Å². The van der Waals surface area contributed by atoms with Gasteiger partial charge in [0.1, 0.15) is 40.4 Å². The van der Waals surface area contributed by atoms with Crippen LogP contribution in [0.15, 0.2) is 41.4 Å². The first kappa shape index (κ1) is 34.9. The van der Waals surface area contributed by atoms with E-state index >= 15 is 0 Å². The number of carbonyl (C=O) groups is 3. The summed E-state index contributed by atoms with van der Waals surface area (Å²) in [4.78, 5) is 61.8. The molecule has 5 aromatic heterocycles. The molecule has 0 unspecified atom stereocenters. The second kappa shape index (κ2) is 12.8. The van der Waals surface area contributed by atoms with E-state index in [1.165, 1.54) is 11.6 Å². The van der Waals surface area contributed by atoms with E-state index in [9.17, 15) is 27.6 Å². The number of aryl methyl sites for hydroxylation is 1. The molecule has 1 saturated carbocycles. The van der Waals surface area contributed by atoms with E-state index in [0.717, 1.165) is 11.0 Å². The number of hydrogen-bond acceptors (Lipinski definition) is 11. The lowest BCUT2D eigenvalue weighted by atomic mass is 10.0. The molecule has 3 atom stereocenters. The third kappa shape index (κ3) is 6.45. The van der Waals surface area contributed by atoms with E-state index in [-0.39, 0.29) is 66.7 Å². The standard InChI is InChI=1S/C34H32BrF3N12O3/c1-17(51)29-21-8-22(20-11-39-18(2)40-12-20)41-13-24(21)49(46-29)16-28(52)50-23(9-33(3)10-25(33)50)31(53)43-30-19(4-5-26(35)42-30)14-47-6-7-48-27(15-47)44-45-32(48)34(36,37)38/h4-5,8,11-13,23,25H,6-7,9-10,14-16H2,1-3H3,(H,42,43,53)/t23-,25+,33-/m0/s1. The molecule has 5 aromatic rings. The van der Waals surface area contributed by atoms with Gasteiger partial charge in [0.2, 0.25) is 17.6 Å². The molecule has 53 heavy (non-hydrogen) atoms. The molecule has 0 aromatic carbocycles. The number of carbonyl (C=O) groups excluding carboxylic acids is 3. The van der Waals surface area contributed by atoms with Gasteiger partial charge >= 0.3 is 6.18 Å². The Balaban J connectivity index is 1.01. The third-order valence-electron chi connectivity index (χ3n) is 10.2. The van der Waals surface area contributed by atoms with Gasteiger partial charge in [0.25, 0.3) is 0 Å². The van der Waals surface area contributed by atoms with Crippen molar-refractivity contribution in [2.75, 3.05) is 11.9 Å². The summed E-state index contributed by atoms with van der Waals surface area (Å²) in [6.07, 6.45) is 1.45. The van der Waals surface area contributed by atoms with Gasteiger partial charge in [0.05, 0.1) is 24.0 Å². The molecule has 15 nitrogen and oxygen atoms in total. The number of alkyl halides is 3. The molecule has 2 amide bonds. The number of ketones is 1. The molecule has 1 saturated heterocycles. The van der Waals surface area contributed by atoms with Crippen LogP contribution < -0.4 is 5.32 Å². The highest BCUT2D eigenvalue weighted by Crippen LogP contribution is 2.59. The summed E-state index contributed by atoms with van der Waals surface area (Å²) in [5.41, 5.74) is 2.31. The molecule has 7 heterocycles. The Morgan fingerprint density at radius 3 is 2.57 bits per heavy atom. The number of hydrogen-bond donors (Lipinski definition) is 1. The van der Waals surface area contributed by atoms with Crippen molar-refractivity contribution in [2.24, 2.45) is 5.41 Å². The molecule has 0 bridgehead atoms. The minimum atomic E-state index is -4.60. The number of nitrogens with one attached hydrogen (secondary N) is 1. The minimum absolute atomic E-state index is 0.0559. The van der Waals surface area contributed by atoms with Crippen LogP contribution in [0.25, 0.3) is 22.2 Å². The zero-order valence-corrected chi connectivity index (χ0v) is 30.3. The highest BCUT2D eigenvalue weighted by molar-refractivity contribution is 9.10. The van der Waals surface area contributed by atoms with Crippen molar-refractivity contribution in [3.05, 3.63) is 70.1 Å². The Bertz CT molecular complexity index is 2310. The number of nitrogens with zero attached hydrogens (tertiary/aromatic N) is 11. The second-order valence-corrected chi connectivity index (χ2v) is 14.8. The molecule has 2 aliphatic heterocycles. The van der Waals surface area contributed by atoms with E-state index in [4.69, 9.17) is 0 Å². The normalized spacial score (nSPS) is 21.1. The summed E-state index contributed by atoms with van der Waals surface area (Å²) in [6, 6.07) is 4.29. The molecule has 19 heteroatoms. The van der Waals surface area contributed by atoms with Crippen LogP contribution in [0, 0.1) is 12.3 Å². The van der Waals surface area contributed by atoms with Crippen molar-refractivity contribution < 1.29 is 27.6 Å². The lowest BCUT2D eigenvalue weighted by Crippen LogP contribution is -2.47. The number of likely N-dealkylation sites (tertiary alicyclic amines) is 1. The number of fused-ring (bicyclic) bond motifs is 3. The number of halogens is 4. The molecule has 0 radical (unpaired) electrons. The van der Waals surface area contributed by atoms with Gasteiger partial charge in [-0.3, -0.25) is 28.9 Å². The molecule has 0 spiro atoms. The number of Topliss-reactive ketones (excluding diaryl/α,β-unsaturated/α-hetero) is 1. The highest BCUT2D eigenvalue weighted by Gasteiger charge is 2.64. The predicted octanol–water partition coefficient (Wildman–Crippen LogP) is 4.20. The Morgan fingerprint density at radius 1 is 1.06 bits per heavy atom. The summed E-state index contributed by atoms with van der Waals surface area (Å²) in [7, 11) is 0. The van der Waals surface area contributed by atoms with Crippen molar-refractivity contribution in [2.45, 2.75) is 78.1 Å². The molecular weight excluding hydrogens is 761 g/mol. The van der Waals surface area contributed by atoms with Crippen molar-refractivity contribution >= 4 is 50.2 Å². The zero-order chi connectivity index (χ0) is 37.4. The van der Waals surface area contributed by atoms with Gasteiger partial charge in [-0.25, -0.2) is 15.0 Å². The maximum Gasteiger partial charge on any atom is 0.451 e. The van der Waals surface area contributed by atoms with E-state index in [1.807, 2.05) is 11.8 Å². The van der Waals surface area contributed by atoms with Crippen LogP contribution in [0.1, 0.15) is 60.2 Å². The van der Waals surface area contributed by atoms with Gasteiger partial charge in [-0.05, 0) is 53.2 Å². The Hall–Kier alpha value is -5.17. The van der Waals surface area contributed by atoms with Crippen molar-refractivity contribution in [3.8, 4) is 11.3 Å². The second-order valence-electron chi connectivity index (χ2n) is 14.0. The van der Waals surface area contributed by atoms with E-state index < -0.39 is 23.9 Å². The minimum Gasteiger partial charge on any atom is -0.325 e. The average Bonchev–Trinajstić information content (AvgIpc) is 3.40. The van der Waals surface area contributed by atoms with Gasteiger partial charge in [0.15, 0.2) is 5.78 Å². The van der Waals surface area contributed by atoms with E-state index in [0.29, 0.717) is 51.1 Å². The van der Waals surface area contributed by atoms with Gasteiger partial charge in [-0.2, -0.15) is 18.3 Å². The van der Waals surface area contributed by atoms with E-state index in [1.54, 1.807) is 48.6 Å². The maximum absolute atomic E-state index is 14.1. The summed E-state index contributed by atoms with van der Waals surface area (Å²) < 4.78 is 43.1. The SMILES string of the molecule is CC(=O)c1nn(CC(=O)N2[C@H](C(=O)Nc3nc(Br)ccc3CN3CCn4c(nnc4C(F)(F)F)C3)C[C@@]3(C)C[C@@H]23)c2cnc(-c3cnc(C)nc3)cc12. The monoisotopic (exact) mass is 792 g/mol. The average molecular weight is 794 g/mol. The van der Waals surface area contributed by atoms with Gasteiger partial charge in [-0.1, -0.05) is 13.0 Å². The number of piperidine rings is 1. The third-order valence-corrected chi connectivity index (χ3v) is 10.7. The molecule has 274 valence electrons. The van der Waals surface area contributed by atoms with Gasteiger partial charge in [0, 0.05) is 61.5 Å². The van der Waals surface area contributed by atoms with Crippen LogP contribution in [-0.2, 0) is 41.9 Å². The first-order valence-electron chi connectivity index (χ1n) is 16.8. The fraction of sp³-hybridized carbons (Fsp3) is 0.412. The smallest absolute Gasteiger partial charge is 0.325 e. The topological polar surface area (TPSA) is 170 Å². The van der Waals surface area contributed by atoms with E-state index in [2.05, 4.69) is 56.5 Å². The highest BCUT2D eigenvalue weighted by atomic mass is 79.9. The molecule has 3 aliphatic rings. The van der Waals surface area contributed by atoms with Crippen molar-refractivity contribution in [1.82, 2.24) is 54.3 Å². The number of aromatic nitrogens is 9. The van der Waals surface area contributed by atoms with Crippen molar-refractivity contribution in [3.63, 3.8) is 0 Å². The maximum atomic E-state index is 14.1. The number of anilines is 1. The number of rotatable bonds is 8. The fourth-order valence-electron chi connectivity index (χ4n) is 7.40. The summed E-state index contributed by atoms with van der Waals surface area (Å²) in [5, 5.41) is 15.1. The Kier molecular flexibility index (Phi) is 8.39. The van der Waals surface area contributed by atoms with Crippen LogP contribution >= 0.6 is 15.9 Å². The molecular formula is C34H32BrF3N12O3. The summed E-state index contributed by atoms with van der Waals surface area (Å²) >= 11 is 3.37. The van der Waals surface area contributed by atoms with Crippen LogP contribution in [0.5, 0.6) is 0 Å². The van der Waals surface area contributed by atoms with Crippen LogP contribution in [0.2, 0.25) is 0 Å². The molecule has 2 fully saturated rings. The predicted molar refractivity (Wildman–Crippen MR) is 185 cm³/mol. The lowest BCUT2D eigenvalue weighted by Gasteiger charge is -2.29. The first-order chi connectivity index (χ1) is 25.2. The van der Waals surface area contributed by atoms with Crippen molar-refractivity contribution in [1.29, 1.82) is 0 Å². The Labute approximate surface area is 308 Å². The quantitative estimate of drug-likeness (QED) is 0.177. The van der Waals surface area contributed by atoms with Gasteiger partial charge < -0.3 is 14.8 Å². The largest absolute Gasteiger partial charge is 0.451 e. The Morgan fingerprint density at radius 2 is 1.83 bits per heavy atom. The van der Waals surface area contributed by atoms with Crippen LogP contribution in [-0.4, -0.2) is 90.5 Å². The number of amides is 2. The van der Waals surface area contributed by atoms with Crippen LogP contribution in [0.4, 0.5) is 19.0 Å². The molecule has 8 rings (SSSR count). The fourth-order valence-corrected chi connectivity index (χ4v) is 7.71.